The van der Waals surface area contributed by atoms with E-state index in [1.807, 2.05) is 0 Å². The predicted molar refractivity (Wildman–Crippen MR) is 131 cm³/mol. The zero-order valence-electron chi connectivity index (χ0n) is 17.6. The fraction of sp³-hybridized carbons (Fsp3) is 0.143. The first-order valence-corrected chi connectivity index (χ1v) is 13.8. The number of benzene rings is 1. The molecule has 0 bridgehead atoms. The number of aromatic nitrogens is 1. The molecule has 2 aromatic heterocycles. The second-order valence-electron chi connectivity index (χ2n) is 7.49. The van der Waals surface area contributed by atoms with Crippen molar-refractivity contribution in [3.63, 3.8) is 0 Å². The van der Waals surface area contributed by atoms with E-state index in [1.54, 1.807) is 0 Å². The monoisotopic (exact) mass is 553 g/mol. The first kappa shape index (κ1) is 25.1. The topological polar surface area (TPSA) is 151 Å². The second kappa shape index (κ2) is 9.95. The molecule has 0 saturated heterocycles. The Balaban J connectivity index is 1.48. The molecule has 0 saturated carbocycles. The summed E-state index contributed by atoms with van der Waals surface area (Å²) in [5.41, 5.74) is 1.29. The molecule has 1 aromatic carbocycles. The second-order valence-corrected chi connectivity index (χ2v) is 12.1. The number of hydrogen-bond donors (Lipinski definition) is 2. The van der Waals surface area contributed by atoms with E-state index in [1.165, 1.54) is 48.7 Å². The van der Waals surface area contributed by atoms with Gasteiger partial charge in [-0.2, -0.15) is 0 Å². The highest BCUT2D eigenvalue weighted by Crippen LogP contribution is 2.28. The standard InChI is InChI=1S/C21H16ClN3O7S3/c22-17-4-6-20(33-17)35(31,32)11-15(26)7-12-1-5-18(23-10-12)25-19(27)8-13-2-3-14(24-34(29)30)9-16(13)21(25)28/h1-6,9-10,24H,7-8,11H2,(H,29,30). The van der Waals surface area contributed by atoms with Crippen molar-refractivity contribution >= 4 is 73.1 Å². The fourth-order valence-electron chi connectivity index (χ4n) is 3.48. The van der Waals surface area contributed by atoms with Gasteiger partial charge in [-0.25, -0.2) is 22.5 Å². The molecule has 10 nitrogen and oxygen atoms in total. The summed E-state index contributed by atoms with van der Waals surface area (Å²) < 4.78 is 47.3. The molecule has 1 aliphatic rings. The van der Waals surface area contributed by atoms with Gasteiger partial charge in [0.05, 0.1) is 10.8 Å². The highest BCUT2D eigenvalue weighted by Gasteiger charge is 2.33. The zero-order valence-corrected chi connectivity index (χ0v) is 20.8. The van der Waals surface area contributed by atoms with Crippen molar-refractivity contribution < 1.29 is 31.6 Å². The Hall–Kier alpha value is -2.97. The van der Waals surface area contributed by atoms with E-state index >= 15 is 0 Å². The number of thiophene rings is 1. The Morgan fingerprint density at radius 2 is 1.97 bits per heavy atom. The lowest BCUT2D eigenvalue weighted by molar-refractivity contribution is -0.118. The van der Waals surface area contributed by atoms with Gasteiger partial charge in [-0.15, -0.1) is 11.3 Å². The van der Waals surface area contributed by atoms with Crippen LogP contribution in [0.25, 0.3) is 0 Å². The smallest absolute Gasteiger partial charge is 0.266 e. The summed E-state index contributed by atoms with van der Waals surface area (Å²) >= 11 is 4.31. The van der Waals surface area contributed by atoms with Gasteiger partial charge in [0.1, 0.15) is 15.8 Å². The number of sulfone groups is 1. The van der Waals surface area contributed by atoms with E-state index in [4.69, 9.17) is 16.2 Å². The van der Waals surface area contributed by atoms with Crippen LogP contribution < -0.4 is 9.62 Å². The average Bonchev–Trinajstić information content (AvgIpc) is 3.22. The molecule has 2 N–H and O–H groups in total. The van der Waals surface area contributed by atoms with Gasteiger partial charge in [0.2, 0.25) is 5.91 Å². The number of Topliss-reactive ketones (excluding diaryl/α,β-unsaturated/α-hetero) is 1. The molecule has 14 heteroatoms. The van der Waals surface area contributed by atoms with E-state index in [0.29, 0.717) is 15.5 Å². The largest absolute Gasteiger partial charge is 0.298 e. The summed E-state index contributed by atoms with van der Waals surface area (Å²) in [5.74, 6) is -2.37. The Bertz CT molecular complexity index is 1470. The summed E-state index contributed by atoms with van der Waals surface area (Å²) in [6, 6.07) is 10.1. The van der Waals surface area contributed by atoms with Crippen molar-refractivity contribution in [1.82, 2.24) is 4.98 Å². The molecule has 0 fully saturated rings. The lowest BCUT2D eigenvalue weighted by atomic mass is 9.97. The molecule has 0 aliphatic carbocycles. The third kappa shape index (κ3) is 5.65. The summed E-state index contributed by atoms with van der Waals surface area (Å²) in [4.78, 5) is 43.0. The highest BCUT2D eigenvalue weighted by atomic mass is 35.5. The molecule has 0 spiro atoms. The SMILES string of the molecule is O=C(Cc1ccc(N2C(=O)Cc3ccc(NS(=O)O)cc3C2=O)nc1)CS(=O)(=O)c1ccc(Cl)s1. The van der Waals surface area contributed by atoms with Crippen LogP contribution in [0.5, 0.6) is 0 Å². The van der Waals surface area contributed by atoms with E-state index in [0.717, 1.165) is 16.2 Å². The molecule has 35 heavy (non-hydrogen) atoms. The molecular weight excluding hydrogens is 538 g/mol. The number of rotatable bonds is 8. The summed E-state index contributed by atoms with van der Waals surface area (Å²) in [7, 11) is -3.81. The van der Waals surface area contributed by atoms with Gasteiger partial charge in [0, 0.05) is 23.9 Å². The van der Waals surface area contributed by atoms with Crippen molar-refractivity contribution in [2.24, 2.45) is 0 Å². The summed E-state index contributed by atoms with van der Waals surface area (Å²) in [5, 5.41) is 0. The first-order valence-electron chi connectivity index (χ1n) is 9.86. The first-order chi connectivity index (χ1) is 16.5. The van der Waals surface area contributed by atoms with E-state index < -0.39 is 44.5 Å². The number of ketones is 1. The van der Waals surface area contributed by atoms with Crippen LogP contribution in [0.1, 0.15) is 21.5 Å². The van der Waals surface area contributed by atoms with Gasteiger partial charge in [0.15, 0.2) is 15.6 Å². The number of imide groups is 1. The Labute approximate surface area is 211 Å². The van der Waals surface area contributed by atoms with Crippen LogP contribution in [0.15, 0.2) is 52.9 Å². The van der Waals surface area contributed by atoms with Crippen LogP contribution in [0.4, 0.5) is 11.5 Å². The molecule has 2 amide bonds. The Morgan fingerprint density at radius 3 is 2.60 bits per heavy atom. The third-order valence-electron chi connectivity index (χ3n) is 4.99. The number of fused-ring (bicyclic) bond motifs is 1. The number of pyridine rings is 1. The van der Waals surface area contributed by atoms with E-state index in [-0.39, 0.29) is 34.1 Å². The van der Waals surface area contributed by atoms with Crippen molar-refractivity contribution in [3.8, 4) is 0 Å². The minimum absolute atomic E-state index is 0.00955. The maximum Gasteiger partial charge on any atom is 0.266 e. The van der Waals surface area contributed by atoms with Gasteiger partial charge in [0.25, 0.3) is 17.2 Å². The molecule has 4 rings (SSSR count). The predicted octanol–water partition coefficient (Wildman–Crippen LogP) is 2.66. The number of nitrogens with one attached hydrogen (secondary N) is 1. The normalized spacial score (nSPS) is 14.5. The number of nitrogens with zero attached hydrogens (tertiary/aromatic N) is 2. The van der Waals surface area contributed by atoms with Crippen LogP contribution >= 0.6 is 22.9 Å². The van der Waals surface area contributed by atoms with Crippen LogP contribution in [-0.2, 0) is 43.5 Å². The number of hydrogen-bond acceptors (Lipinski definition) is 8. The molecule has 1 atom stereocenters. The fourth-order valence-corrected chi connectivity index (χ4v) is 6.62. The highest BCUT2D eigenvalue weighted by molar-refractivity contribution is 7.94. The minimum Gasteiger partial charge on any atom is -0.298 e. The van der Waals surface area contributed by atoms with E-state index in [2.05, 4.69) is 9.71 Å². The number of carbonyl (C=O) groups excluding carboxylic acids is 3. The Kier molecular flexibility index (Phi) is 7.15. The average molecular weight is 554 g/mol. The van der Waals surface area contributed by atoms with Crippen molar-refractivity contribution in [1.29, 1.82) is 0 Å². The summed E-state index contributed by atoms with van der Waals surface area (Å²) in [6.45, 7) is 0. The molecule has 3 heterocycles. The quantitative estimate of drug-likeness (QED) is 0.319. The van der Waals surface area contributed by atoms with Crippen LogP contribution in [0.3, 0.4) is 0 Å². The van der Waals surface area contributed by atoms with E-state index in [9.17, 15) is 27.0 Å². The van der Waals surface area contributed by atoms with Crippen molar-refractivity contribution in [3.05, 3.63) is 69.7 Å². The molecule has 3 aromatic rings. The van der Waals surface area contributed by atoms with Gasteiger partial charge in [-0.1, -0.05) is 23.7 Å². The minimum atomic E-state index is -3.81. The summed E-state index contributed by atoms with van der Waals surface area (Å²) in [6.07, 6.45) is 1.02. The van der Waals surface area contributed by atoms with Crippen molar-refractivity contribution in [2.45, 2.75) is 17.1 Å². The molecule has 1 unspecified atom stereocenters. The van der Waals surface area contributed by atoms with Gasteiger partial charge < -0.3 is 0 Å². The third-order valence-corrected chi connectivity index (χ3v) is 8.88. The van der Waals surface area contributed by atoms with Gasteiger partial charge in [-0.05, 0) is 41.5 Å². The zero-order chi connectivity index (χ0) is 25.3. The number of anilines is 2. The molecule has 1 aliphatic heterocycles. The van der Waals surface area contributed by atoms with Crippen LogP contribution in [-0.4, -0.2) is 45.5 Å². The van der Waals surface area contributed by atoms with Gasteiger partial charge >= 0.3 is 0 Å². The molecule has 182 valence electrons. The number of amides is 2. The Morgan fingerprint density at radius 1 is 1.20 bits per heavy atom. The van der Waals surface area contributed by atoms with Crippen LogP contribution in [0.2, 0.25) is 4.34 Å². The van der Waals surface area contributed by atoms with Crippen LogP contribution in [0, 0.1) is 0 Å². The lowest BCUT2D eigenvalue weighted by Crippen LogP contribution is -2.43. The lowest BCUT2D eigenvalue weighted by Gasteiger charge is -2.26. The molecule has 0 radical (unpaired) electrons. The van der Waals surface area contributed by atoms with Crippen molar-refractivity contribution in [2.75, 3.05) is 15.4 Å². The maximum absolute atomic E-state index is 13.0. The molecular formula is C21H16ClN3O7S3. The maximum atomic E-state index is 13.0. The number of halogens is 1. The van der Waals surface area contributed by atoms with Gasteiger partial charge in [-0.3, -0.25) is 23.7 Å². The number of carbonyl (C=O) groups is 3.